The highest BCUT2D eigenvalue weighted by atomic mass is 19.4. The third kappa shape index (κ3) is 4.65. The van der Waals surface area contributed by atoms with Crippen LogP contribution in [0.15, 0.2) is 42.5 Å². The Balaban J connectivity index is 1.84. The van der Waals surface area contributed by atoms with Crippen LogP contribution in [-0.2, 0) is 10.9 Å². The van der Waals surface area contributed by atoms with E-state index in [1.807, 2.05) is 11.5 Å². The molecule has 176 valence electrons. The zero-order valence-electron chi connectivity index (χ0n) is 18.8. The Morgan fingerprint density at radius 1 is 1.15 bits per heavy atom. The number of halogens is 3. The highest BCUT2D eigenvalue weighted by Crippen LogP contribution is 2.48. The van der Waals surface area contributed by atoms with Crippen molar-refractivity contribution in [3.63, 3.8) is 0 Å². The molecule has 0 saturated heterocycles. The van der Waals surface area contributed by atoms with Gasteiger partial charge >= 0.3 is 12.3 Å². The zero-order chi connectivity index (χ0) is 23.8. The lowest BCUT2D eigenvalue weighted by Gasteiger charge is -2.30. The van der Waals surface area contributed by atoms with Crippen molar-refractivity contribution >= 4 is 22.7 Å². The van der Waals surface area contributed by atoms with Crippen LogP contribution in [-0.4, -0.2) is 23.4 Å². The van der Waals surface area contributed by atoms with Crippen LogP contribution >= 0.6 is 0 Å². The quantitative estimate of drug-likeness (QED) is 0.417. The molecule has 1 aliphatic rings. The molecule has 0 unspecified atom stereocenters. The van der Waals surface area contributed by atoms with Gasteiger partial charge in [0.25, 0.3) is 0 Å². The lowest BCUT2D eigenvalue weighted by molar-refractivity contribution is -0.135. The minimum Gasteiger partial charge on any atom is -0.494 e. The van der Waals surface area contributed by atoms with E-state index < -0.39 is 17.8 Å². The topological polar surface area (TPSA) is 52.5 Å². The highest BCUT2D eigenvalue weighted by molar-refractivity contribution is 5.94. The van der Waals surface area contributed by atoms with Crippen LogP contribution in [0.3, 0.4) is 0 Å². The molecule has 0 aliphatic heterocycles. The number of rotatable bonds is 6. The molecular formula is C25H27F3N2O3. The molecular weight excluding hydrogens is 433 g/mol. The average Bonchev–Trinajstić information content (AvgIpc) is 3.01. The average molecular weight is 460 g/mol. The molecule has 1 aromatic heterocycles. The number of carbonyl (C=O) groups excluding carboxylic acids is 1. The van der Waals surface area contributed by atoms with Crippen LogP contribution in [0.25, 0.3) is 22.2 Å². The van der Waals surface area contributed by atoms with Gasteiger partial charge in [0.15, 0.2) is 0 Å². The van der Waals surface area contributed by atoms with Gasteiger partial charge in [-0.05, 0) is 69.9 Å². The van der Waals surface area contributed by atoms with Gasteiger partial charge in [-0.3, -0.25) is 5.32 Å². The number of amides is 1. The van der Waals surface area contributed by atoms with Crippen molar-refractivity contribution in [1.29, 1.82) is 0 Å². The summed E-state index contributed by atoms with van der Waals surface area (Å²) < 4.78 is 55.6. The van der Waals surface area contributed by atoms with Gasteiger partial charge in [0.2, 0.25) is 0 Å². The molecule has 3 aromatic rings. The minimum absolute atomic E-state index is 0.00528. The Morgan fingerprint density at radius 2 is 1.85 bits per heavy atom. The van der Waals surface area contributed by atoms with E-state index in [0.29, 0.717) is 29.1 Å². The van der Waals surface area contributed by atoms with Gasteiger partial charge in [0.05, 0.1) is 29.5 Å². The molecule has 33 heavy (non-hydrogen) atoms. The smallest absolute Gasteiger partial charge is 0.419 e. The second-order valence-electron chi connectivity index (χ2n) is 8.44. The number of nitrogens with one attached hydrogen (secondary N) is 1. The van der Waals surface area contributed by atoms with Gasteiger partial charge in [-0.2, -0.15) is 13.2 Å². The van der Waals surface area contributed by atoms with E-state index in [9.17, 15) is 18.0 Å². The molecule has 0 atom stereocenters. The van der Waals surface area contributed by atoms with Crippen LogP contribution in [0, 0.1) is 0 Å². The molecule has 1 N–H and O–H groups in total. The van der Waals surface area contributed by atoms with Gasteiger partial charge in [-0.1, -0.05) is 12.1 Å². The lowest BCUT2D eigenvalue weighted by Crippen LogP contribution is -2.19. The van der Waals surface area contributed by atoms with Gasteiger partial charge in [-0.25, -0.2) is 4.79 Å². The van der Waals surface area contributed by atoms with E-state index in [4.69, 9.17) is 9.47 Å². The number of carbonyl (C=O) groups is 1. The summed E-state index contributed by atoms with van der Waals surface area (Å²) in [6.45, 7) is 5.74. The fourth-order valence-corrected chi connectivity index (χ4v) is 4.21. The number of benzene rings is 2. The second kappa shape index (κ2) is 9.00. The first-order chi connectivity index (χ1) is 15.7. The third-order valence-electron chi connectivity index (χ3n) is 5.76. The molecule has 1 amide bonds. The number of alkyl halides is 3. The second-order valence-corrected chi connectivity index (χ2v) is 8.44. The molecule has 1 saturated carbocycles. The van der Waals surface area contributed by atoms with Crippen molar-refractivity contribution in [3.05, 3.63) is 48.0 Å². The maximum Gasteiger partial charge on any atom is 0.419 e. The van der Waals surface area contributed by atoms with Crippen LogP contribution in [0.2, 0.25) is 0 Å². The summed E-state index contributed by atoms with van der Waals surface area (Å²) in [6.07, 6.45) is -2.79. The van der Waals surface area contributed by atoms with E-state index in [-0.39, 0.29) is 23.2 Å². The van der Waals surface area contributed by atoms with Gasteiger partial charge in [0, 0.05) is 23.2 Å². The van der Waals surface area contributed by atoms with E-state index in [0.717, 1.165) is 19.3 Å². The number of anilines is 1. The molecule has 1 fully saturated rings. The zero-order valence-corrected chi connectivity index (χ0v) is 18.8. The summed E-state index contributed by atoms with van der Waals surface area (Å²) in [5, 5.41) is 2.76. The van der Waals surface area contributed by atoms with Crippen LogP contribution in [0.1, 0.15) is 51.6 Å². The fourth-order valence-electron chi connectivity index (χ4n) is 4.21. The maximum absolute atomic E-state index is 14.4. The number of aromatic nitrogens is 1. The molecule has 0 radical (unpaired) electrons. The van der Waals surface area contributed by atoms with Crippen LogP contribution in [0.4, 0.5) is 23.7 Å². The Labute approximate surface area is 190 Å². The number of ether oxygens (including phenoxy) is 2. The van der Waals surface area contributed by atoms with Gasteiger partial charge < -0.3 is 14.0 Å². The standard InChI is InChI=1S/C25H27F3N2O3/c1-4-32-19-12-13-20-21(14-19)30(18-6-5-7-18)23(22(20)25(26,27)28)16-8-10-17(11-9-16)29-24(31)33-15(2)3/h8-15,18H,4-7H2,1-3H3,(H,29,31). The molecule has 5 nitrogen and oxygen atoms in total. The Kier molecular flexibility index (Phi) is 6.28. The summed E-state index contributed by atoms with van der Waals surface area (Å²) in [7, 11) is 0. The predicted octanol–water partition coefficient (Wildman–Crippen LogP) is 7.41. The Bertz CT molecular complexity index is 1150. The minimum atomic E-state index is -4.53. The molecule has 4 rings (SSSR count). The molecule has 8 heteroatoms. The van der Waals surface area contributed by atoms with Crippen LogP contribution in [0.5, 0.6) is 5.75 Å². The first-order valence-electron chi connectivity index (χ1n) is 11.1. The fraction of sp³-hybridized carbons (Fsp3) is 0.400. The molecule has 1 heterocycles. The number of fused-ring (bicyclic) bond motifs is 1. The lowest BCUT2D eigenvalue weighted by atomic mass is 9.92. The van der Waals surface area contributed by atoms with Gasteiger partial charge in [0.1, 0.15) is 5.75 Å². The van der Waals surface area contributed by atoms with Gasteiger partial charge in [-0.15, -0.1) is 0 Å². The summed E-state index contributed by atoms with van der Waals surface area (Å²) in [4.78, 5) is 11.9. The van der Waals surface area contributed by atoms with Crippen molar-refractivity contribution < 1.29 is 27.4 Å². The van der Waals surface area contributed by atoms with Crippen molar-refractivity contribution in [2.24, 2.45) is 0 Å². The van der Waals surface area contributed by atoms with E-state index in [1.165, 1.54) is 6.07 Å². The molecule has 0 bridgehead atoms. The summed E-state index contributed by atoms with van der Waals surface area (Å²) >= 11 is 0. The maximum atomic E-state index is 14.4. The highest BCUT2D eigenvalue weighted by Gasteiger charge is 2.40. The Morgan fingerprint density at radius 3 is 2.39 bits per heavy atom. The van der Waals surface area contributed by atoms with E-state index >= 15 is 0 Å². The third-order valence-corrected chi connectivity index (χ3v) is 5.76. The van der Waals surface area contributed by atoms with E-state index in [1.54, 1.807) is 50.2 Å². The number of hydrogen-bond acceptors (Lipinski definition) is 3. The number of nitrogens with zero attached hydrogens (tertiary/aromatic N) is 1. The normalized spacial score (nSPS) is 14.4. The first-order valence-corrected chi connectivity index (χ1v) is 11.1. The largest absolute Gasteiger partial charge is 0.494 e. The Hall–Kier alpha value is -3.16. The molecule has 2 aromatic carbocycles. The first kappa shape index (κ1) is 23.0. The summed E-state index contributed by atoms with van der Waals surface area (Å²) in [5.74, 6) is 0.548. The number of hydrogen-bond donors (Lipinski definition) is 1. The van der Waals surface area contributed by atoms with E-state index in [2.05, 4.69) is 5.32 Å². The van der Waals surface area contributed by atoms with Crippen molar-refractivity contribution in [1.82, 2.24) is 4.57 Å². The van der Waals surface area contributed by atoms with Crippen molar-refractivity contribution in [2.45, 2.75) is 58.4 Å². The van der Waals surface area contributed by atoms with Crippen molar-refractivity contribution in [3.8, 4) is 17.0 Å². The monoisotopic (exact) mass is 460 g/mol. The SMILES string of the molecule is CCOc1ccc2c(C(F)(F)F)c(-c3ccc(NC(=O)OC(C)C)cc3)n(C3CCC3)c2c1. The molecule has 0 spiro atoms. The van der Waals surface area contributed by atoms with Crippen molar-refractivity contribution in [2.75, 3.05) is 11.9 Å². The molecule has 1 aliphatic carbocycles. The van der Waals surface area contributed by atoms with Crippen LogP contribution < -0.4 is 10.1 Å². The predicted molar refractivity (Wildman–Crippen MR) is 122 cm³/mol. The summed E-state index contributed by atoms with van der Waals surface area (Å²) in [6, 6.07) is 11.2. The summed E-state index contributed by atoms with van der Waals surface area (Å²) in [5.41, 5.74) is 0.907.